The first-order valence-electron chi connectivity index (χ1n) is 4.01. The fraction of sp³-hybridized carbons (Fsp3) is 0. The lowest BCUT2D eigenvalue weighted by atomic mass is 10.2. The van der Waals surface area contributed by atoms with E-state index >= 15 is 0 Å². The van der Waals surface area contributed by atoms with Gasteiger partial charge < -0.3 is 5.11 Å². The molecule has 0 unspecified atom stereocenters. The summed E-state index contributed by atoms with van der Waals surface area (Å²) >= 11 is 11.7. The molecule has 0 bridgehead atoms. The van der Waals surface area contributed by atoms with Gasteiger partial charge in [-0.25, -0.2) is 0 Å². The standard InChI is InChI=1S/C10H5Br3OS/c11-5-3-6(10(14)7(12)4-5)8-1-2-9(13)15-8/h1-4,14H. The molecule has 0 spiro atoms. The van der Waals surface area contributed by atoms with Gasteiger partial charge >= 0.3 is 0 Å². The van der Waals surface area contributed by atoms with Gasteiger partial charge in [0.2, 0.25) is 0 Å². The molecule has 0 radical (unpaired) electrons. The summed E-state index contributed by atoms with van der Waals surface area (Å²) in [6, 6.07) is 7.66. The van der Waals surface area contributed by atoms with Crippen LogP contribution < -0.4 is 0 Å². The summed E-state index contributed by atoms with van der Waals surface area (Å²) in [6.07, 6.45) is 0. The second kappa shape index (κ2) is 4.57. The van der Waals surface area contributed by atoms with Gasteiger partial charge in [-0.05, 0) is 56.1 Å². The van der Waals surface area contributed by atoms with Crippen LogP contribution in [0.5, 0.6) is 5.75 Å². The first-order chi connectivity index (χ1) is 7.08. The van der Waals surface area contributed by atoms with Crippen LogP contribution in [0.3, 0.4) is 0 Å². The Morgan fingerprint density at radius 1 is 1.07 bits per heavy atom. The summed E-state index contributed by atoms with van der Waals surface area (Å²) in [6.45, 7) is 0. The van der Waals surface area contributed by atoms with Crippen molar-refractivity contribution < 1.29 is 5.11 Å². The molecule has 2 rings (SSSR count). The minimum atomic E-state index is 0.271. The van der Waals surface area contributed by atoms with Gasteiger partial charge in [0.05, 0.1) is 8.26 Å². The molecule has 0 fully saturated rings. The molecule has 1 heterocycles. The average Bonchev–Trinajstić information content (AvgIpc) is 2.58. The second-order valence-corrected chi connectivity index (χ2v) is 7.12. The normalized spacial score (nSPS) is 10.6. The molecule has 0 amide bonds. The summed E-state index contributed by atoms with van der Waals surface area (Å²) in [5.41, 5.74) is 0.826. The molecular weight excluding hydrogens is 408 g/mol. The Labute approximate surface area is 117 Å². The number of hydrogen-bond acceptors (Lipinski definition) is 2. The van der Waals surface area contributed by atoms with Crippen LogP contribution in [0, 0.1) is 0 Å². The second-order valence-electron chi connectivity index (χ2n) is 2.89. The molecule has 78 valence electrons. The first kappa shape index (κ1) is 11.6. The van der Waals surface area contributed by atoms with Crippen LogP contribution in [0.25, 0.3) is 10.4 Å². The largest absolute Gasteiger partial charge is 0.506 e. The van der Waals surface area contributed by atoms with Crippen molar-refractivity contribution in [3.8, 4) is 16.2 Å². The van der Waals surface area contributed by atoms with E-state index in [1.165, 1.54) is 0 Å². The highest BCUT2D eigenvalue weighted by Crippen LogP contribution is 2.41. The molecular formula is C10H5Br3OS. The van der Waals surface area contributed by atoms with E-state index in [0.29, 0.717) is 4.47 Å². The molecule has 15 heavy (non-hydrogen) atoms. The lowest BCUT2D eigenvalue weighted by Crippen LogP contribution is -1.77. The molecule has 0 aliphatic rings. The number of hydrogen-bond donors (Lipinski definition) is 1. The van der Waals surface area contributed by atoms with Gasteiger partial charge in [0.15, 0.2) is 0 Å². The zero-order chi connectivity index (χ0) is 11.0. The maximum atomic E-state index is 9.91. The fourth-order valence-corrected chi connectivity index (χ4v) is 3.84. The van der Waals surface area contributed by atoms with Gasteiger partial charge in [-0.2, -0.15) is 0 Å². The first-order valence-corrected chi connectivity index (χ1v) is 7.21. The van der Waals surface area contributed by atoms with Crippen LogP contribution in [0.15, 0.2) is 37.0 Å². The van der Waals surface area contributed by atoms with E-state index in [1.54, 1.807) is 11.3 Å². The molecule has 0 saturated heterocycles. The fourth-order valence-electron chi connectivity index (χ4n) is 1.21. The molecule has 1 nitrogen and oxygen atoms in total. The number of rotatable bonds is 1. The molecule has 2 aromatic rings. The van der Waals surface area contributed by atoms with E-state index in [9.17, 15) is 5.11 Å². The van der Waals surface area contributed by atoms with Crippen molar-refractivity contribution in [3.63, 3.8) is 0 Å². The Bertz CT molecular complexity index is 507. The molecule has 0 aliphatic heterocycles. The van der Waals surface area contributed by atoms with E-state index in [0.717, 1.165) is 18.7 Å². The van der Waals surface area contributed by atoms with E-state index < -0.39 is 0 Å². The van der Waals surface area contributed by atoms with Crippen LogP contribution in [0.2, 0.25) is 0 Å². The number of phenolic OH excluding ortho intramolecular Hbond substituents is 1. The lowest BCUT2D eigenvalue weighted by Gasteiger charge is -2.05. The zero-order valence-corrected chi connectivity index (χ0v) is 12.9. The van der Waals surface area contributed by atoms with Gasteiger partial charge in [-0.3, -0.25) is 0 Å². The zero-order valence-electron chi connectivity index (χ0n) is 7.30. The van der Waals surface area contributed by atoms with Gasteiger partial charge in [-0.15, -0.1) is 11.3 Å². The third-order valence-corrected chi connectivity index (χ3v) is 4.59. The minimum absolute atomic E-state index is 0.271. The van der Waals surface area contributed by atoms with Gasteiger partial charge in [0.25, 0.3) is 0 Å². The highest BCUT2D eigenvalue weighted by molar-refractivity contribution is 9.11. The van der Waals surface area contributed by atoms with E-state index in [-0.39, 0.29) is 5.75 Å². The van der Waals surface area contributed by atoms with Crippen molar-refractivity contribution in [1.82, 2.24) is 0 Å². The Morgan fingerprint density at radius 2 is 1.80 bits per heavy atom. The van der Waals surface area contributed by atoms with E-state index in [1.807, 2.05) is 24.3 Å². The van der Waals surface area contributed by atoms with Gasteiger partial charge in [-0.1, -0.05) is 15.9 Å². The van der Waals surface area contributed by atoms with Crippen LogP contribution in [0.1, 0.15) is 0 Å². The Hall–Kier alpha value is 0.160. The van der Waals surface area contributed by atoms with Crippen LogP contribution in [-0.2, 0) is 0 Å². The van der Waals surface area contributed by atoms with Crippen molar-refractivity contribution in [2.24, 2.45) is 0 Å². The molecule has 0 aliphatic carbocycles. The quantitative estimate of drug-likeness (QED) is 0.664. The predicted octanol–water partition coefficient (Wildman–Crippen LogP) is 5.41. The SMILES string of the molecule is Oc1c(Br)cc(Br)cc1-c1ccc(Br)s1. The minimum Gasteiger partial charge on any atom is -0.506 e. The summed E-state index contributed by atoms with van der Waals surface area (Å²) in [7, 11) is 0. The third-order valence-electron chi connectivity index (χ3n) is 1.87. The molecule has 0 atom stereocenters. The van der Waals surface area contributed by atoms with Crippen LogP contribution in [-0.4, -0.2) is 5.11 Å². The molecule has 0 saturated carbocycles. The van der Waals surface area contributed by atoms with Crippen LogP contribution in [0.4, 0.5) is 0 Å². The Balaban J connectivity index is 2.62. The highest BCUT2D eigenvalue weighted by Gasteiger charge is 2.11. The van der Waals surface area contributed by atoms with Gasteiger partial charge in [0.1, 0.15) is 5.75 Å². The molecule has 1 N–H and O–H groups in total. The van der Waals surface area contributed by atoms with E-state index in [2.05, 4.69) is 47.8 Å². The Morgan fingerprint density at radius 3 is 2.40 bits per heavy atom. The number of phenols is 1. The molecule has 1 aromatic heterocycles. The van der Waals surface area contributed by atoms with Crippen molar-refractivity contribution in [2.45, 2.75) is 0 Å². The number of aromatic hydroxyl groups is 1. The van der Waals surface area contributed by atoms with Gasteiger partial charge in [0, 0.05) is 14.9 Å². The van der Waals surface area contributed by atoms with Crippen LogP contribution >= 0.6 is 59.1 Å². The summed E-state index contributed by atoms with van der Waals surface area (Å²) in [4.78, 5) is 1.03. The highest BCUT2D eigenvalue weighted by atomic mass is 79.9. The summed E-state index contributed by atoms with van der Waals surface area (Å²) in [5, 5.41) is 9.91. The third kappa shape index (κ3) is 2.46. The maximum absolute atomic E-state index is 9.91. The monoisotopic (exact) mass is 410 g/mol. The summed E-state index contributed by atoms with van der Waals surface area (Å²) < 4.78 is 2.68. The number of benzene rings is 1. The van der Waals surface area contributed by atoms with Crippen molar-refractivity contribution in [2.75, 3.05) is 0 Å². The topological polar surface area (TPSA) is 20.2 Å². The smallest absolute Gasteiger partial charge is 0.138 e. The summed E-state index contributed by atoms with van der Waals surface area (Å²) in [5.74, 6) is 0.271. The predicted molar refractivity (Wildman–Crippen MR) is 74.5 cm³/mol. The van der Waals surface area contributed by atoms with Crippen molar-refractivity contribution in [3.05, 3.63) is 37.0 Å². The molecule has 1 aromatic carbocycles. The van der Waals surface area contributed by atoms with E-state index in [4.69, 9.17) is 0 Å². The maximum Gasteiger partial charge on any atom is 0.138 e. The number of halogens is 3. The number of thiophene rings is 1. The molecule has 5 heteroatoms. The van der Waals surface area contributed by atoms with Crippen molar-refractivity contribution in [1.29, 1.82) is 0 Å². The lowest BCUT2D eigenvalue weighted by molar-refractivity contribution is 0.474. The average molecular weight is 413 g/mol. The van der Waals surface area contributed by atoms with Crippen molar-refractivity contribution >= 4 is 59.1 Å². The Kier molecular flexibility index (Phi) is 3.55.